The first-order chi connectivity index (χ1) is 9.01. The number of likely N-dealkylation sites (N-methyl/N-ethyl adjacent to an activating group) is 2. The van der Waals surface area contributed by atoms with Crippen molar-refractivity contribution in [3.63, 3.8) is 0 Å². The van der Waals surface area contributed by atoms with Crippen molar-refractivity contribution in [3.05, 3.63) is 0 Å². The summed E-state index contributed by atoms with van der Waals surface area (Å²) in [6.07, 6.45) is 2.86. The van der Waals surface area contributed by atoms with Crippen molar-refractivity contribution in [2.45, 2.75) is 32.6 Å². The Kier molecular flexibility index (Phi) is 5.79. The zero-order chi connectivity index (χ0) is 14.4. The summed E-state index contributed by atoms with van der Waals surface area (Å²) in [6, 6.07) is 0. The zero-order valence-corrected chi connectivity index (χ0v) is 11.5. The van der Waals surface area contributed by atoms with E-state index in [1.165, 1.54) is 11.9 Å². The van der Waals surface area contributed by atoms with Crippen LogP contribution in [-0.4, -0.2) is 47.9 Å². The lowest BCUT2D eigenvalue weighted by Crippen LogP contribution is -2.46. The summed E-state index contributed by atoms with van der Waals surface area (Å²) in [6.45, 7) is 2.20. The number of carboxylic acid groups (broad SMARTS) is 1. The van der Waals surface area contributed by atoms with Crippen molar-refractivity contribution in [1.29, 1.82) is 0 Å². The fourth-order valence-corrected chi connectivity index (χ4v) is 2.55. The number of carbonyl (C=O) groups is 3. The molecule has 0 saturated heterocycles. The molecule has 6 heteroatoms. The van der Waals surface area contributed by atoms with Crippen LogP contribution in [0.25, 0.3) is 0 Å². The molecule has 0 aromatic rings. The van der Waals surface area contributed by atoms with Crippen LogP contribution in [0.15, 0.2) is 0 Å². The first-order valence-corrected chi connectivity index (χ1v) is 6.73. The third-order valence-corrected chi connectivity index (χ3v) is 3.71. The molecular weight excluding hydrogens is 248 g/mol. The second-order valence-corrected chi connectivity index (χ2v) is 4.86. The quantitative estimate of drug-likeness (QED) is 0.760. The van der Waals surface area contributed by atoms with E-state index >= 15 is 0 Å². The van der Waals surface area contributed by atoms with Crippen LogP contribution in [0.5, 0.6) is 0 Å². The van der Waals surface area contributed by atoms with Gasteiger partial charge in [-0.25, -0.2) is 0 Å². The number of nitrogens with one attached hydrogen (secondary N) is 1. The van der Waals surface area contributed by atoms with Gasteiger partial charge in [0.25, 0.3) is 0 Å². The fraction of sp³-hybridized carbons (Fsp3) is 0.769. The van der Waals surface area contributed by atoms with E-state index in [1.807, 2.05) is 0 Å². The van der Waals surface area contributed by atoms with Crippen molar-refractivity contribution in [1.82, 2.24) is 10.2 Å². The summed E-state index contributed by atoms with van der Waals surface area (Å²) in [5.41, 5.74) is 0. The Morgan fingerprint density at radius 1 is 1.21 bits per heavy atom. The van der Waals surface area contributed by atoms with E-state index < -0.39 is 17.8 Å². The summed E-state index contributed by atoms with van der Waals surface area (Å²) >= 11 is 0. The molecule has 2 amide bonds. The Balaban J connectivity index is 2.76. The molecule has 0 heterocycles. The van der Waals surface area contributed by atoms with Crippen LogP contribution >= 0.6 is 0 Å². The summed E-state index contributed by atoms with van der Waals surface area (Å²) in [4.78, 5) is 36.4. The highest BCUT2D eigenvalue weighted by Crippen LogP contribution is 2.31. The third kappa shape index (κ3) is 3.94. The van der Waals surface area contributed by atoms with Crippen LogP contribution in [0.3, 0.4) is 0 Å². The van der Waals surface area contributed by atoms with Gasteiger partial charge in [-0.3, -0.25) is 14.4 Å². The lowest BCUT2D eigenvalue weighted by Gasteiger charge is -2.32. The van der Waals surface area contributed by atoms with E-state index in [1.54, 1.807) is 6.92 Å². The van der Waals surface area contributed by atoms with Gasteiger partial charge in [-0.2, -0.15) is 0 Å². The zero-order valence-electron chi connectivity index (χ0n) is 11.5. The molecule has 19 heavy (non-hydrogen) atoms. The van der Waals surface area contributed by atoms with E-state index in [4.69, 9.17) is 0 Å². The predicted molar refractivity (Wildman–Crippen MR) is 69.4 cm³/mol. The van der Waals surface area contributed by atoms with Crippen molar-refractivity contribution in [2.24, 2.45) is 11.8 Å². The van der Waals surface area contributed by atoms with Gasteiger partial charge in [0.15, 0.2) is 0 Å². The maximum Gasteiger partial charge on any atom is 0.307 e. The molecule has 0 aliphatic heterocycles. The lowest BCUT2D eigenvalue weighted by atomic mass is 9.78. The number of hydrogen-bond donors (Lipinski definition) is 2. The average Bonchev–Trinajstić information content (AvgIpc) is 2.43. The Labute approximate surface area is 113 Å². The number of hydrogen-bond acceptors (Lipinski definition) is 3. The van der Waals surface area contributed by atoms with Gasteiger partial charge in [0, 0.05) is 13.6 Å². The highest BCUT2D eigenvalue weighted by atomic mass is 16.4. The first kappa shape index (κ1) is 15.5. The second-order valence-electron chi connectivity index (χ2n) is 4.86. The monoisotopic (exact) mass is 270 g/mol. The molecule has 0 spiro atoms. The molecule has 0 radical (unpaired) electrons. The van der Waals surface area contributed by atoms with Crippen LogP contribution in [0.4, 0.5) is 0 Å². The largest absolute Gasteiger partial charge is 0.481 e. The van der Waals surface area contributed by atoms with E-state index in [-0.39, 0.29) is 18.4 Å². The topological polar surface area (TPSA) is 86.7 Å². The molecule has 0 bridgehead atoms. The molecule has 1 rings (SSSR count). The Bertz CT molecular complexity index is 357. The first-order valence-electron chi connectivity index (χ1n) is 6.73. The number of carbonyl (C=O) groups excluding carboxylic acids is 2. The Morgan fingerprint density at radius 2 is 1.79 bits per heavy atom. The molecule has 1 saturated carbocycles. The summed E-state index contributed by atoms with van der Waals surface area (Å²) in [5.74, 6) is -2.46. The molecule has 0 aromatic carbocycles. The van der Waals surface area contributed by atoms with Gasteiger partial charge >= 0.3 is 5.97 Å². The van der Waals surface area contributed by atoms with Gasteiger partial charge in [0.1, 0.15) is 0 Å². The van der Waals surface area contributed by atoms with Gasteiger partial charge in [0.05, 0.1) is 18.4 Å². The smallest absolute Gasteiger partial charge is 0.307 e. The molecule has 6 nitrogen and oxygen atoms in total. The Morgan fingerprint density at radius 3 is 2.26 bits per heavy atom. The molecular formula is C13H22N2O4. The van der Waals surface area contributed by atoms with Gasteiger partial charge in [0.2, 0.25) is 11.8 Å². The van der Waals surface area contributed by atoms with E-state index in [0.717, 1.165) is 12.8 Å². The third-order valence-electron chi connectivity index (χ3n) is 3.71. The van der Waals surface area contributed by atoms with Crippen LogP contribution in [0, 0.1) is 11.8 Å². The second kappa shape index (κ2) is 7.11. The number of rotatable bonds is 5. The van der Waals surface area contributed by atoms with Crippen molar-refractivity contribution in [2.75, 3.05) is 20.1 Å². The molecule has 108 valence electrons. The predicted octanol–water partition coefficient (Wildman–Crippen LogP) is 0.472. The van der Waals surface area contributed by atoms with E-state index in [9.17, 15) is 19.5 Å². The standard InChI is InChI=1S/C13H22N2O4/c1-3-15(8-11(16)14-2)12(17)9-6-4-5-7-10(9)13(18)19/h9-10H,3-8H2,1-2H3,(H,14,16)(H,18,19)/t9-,10+/m1/s1. The van der Waals surface area contributed by atoms with Crippen LogP contribution in [0.1, 0.15) is 32.6 Å². The van der Waals surface area contributed by atoms with Crippen molar-refractivity contribution < 1.29 is 19.5 Å². The number of aliphatic carboxylic acids is 1. The molecule has 0 aromatic heterocycles. The van der Waals surface area contributed by atoms with Crippen LogP contribution < -0.4 is 5.32 Å². The average molecular weight is 270 g/mol. The minimum atomic E-state index is -0.908. The summed E-state index contributed by atoms with van der Waals surface area (Å²) in [7, 11) is 1.52. The molecule has 2 N–H and O–H groups in total. The number of nitrogens with zero attached hydrogens (tertiary/aromatic N) is 1. The van der Waals surface area contributed by atoms with Gasteiger partial charge in [-0.15, -0.1) is 0 Å². The van der Waals surface area contributed by atoms with Crippen molar-refractivity contribution >= 4 is 17.8 Å². The fourth-order valence-electron chi connectivity index (χ4n) is 2.55. The molecule has 2 atom stereocenters. The van der Waals surface area contributed by atoms with Gasteiger partial charge < -0.3 is 15.3 Å². The van der Waals surface area contributed by atoms with Crippen LogP contribution in [-0.2, 0) is 14.4 Å². The molecule has 1 aliphatic rings. The normalized spacial score (nSPS) is 22.6. The summed E-state index contributed by atoms with van der Waals surface area (Å²) < 4.78 is 0. The maximum atomic E-state index is 12.4. The SMILES string of the molecule is CCN(CC(=O)NC)C(=O)[C@@H]1CCCC[C@@H]1C(=O)O. The van der Waals surface area contributed by atoms with E-state index in [2.05, 4.69) is 5.32 Å². The van der Waals surface area contributed by atoms with Gasteiger partial charge in [-0.05, 0) is 19.8 Å². The Hall–Kier alpha value is -1.59. The van der Waals surface area contributed by atoms with Crippen molar-refractivity contribution in [3.8, 4) is 0 Å². The number of carboxylic acids is 1. The molecule has 0 unspecified atom stereocenters. The highest BCUT2D eigenvalue weighted by molar-refractivity contribution is 5.88. The van der Waals surface area contributed by atoms with E-state index in [0.29, 0.717) is 19.4 Å². The molecule has 1 fully saturated rings. The minimum Gasteiger partial charge on any atom is -0.481 e. The molecule has 1 aliphatic carbocycles. The van der Waals surface area contributed by atoms with Crippen LogP contribution in [0.2, 0.25) is 0 Å². The van der Waals surface area contributed by atoms with Gasteiger partial charge in [-0.1, -0.05) is 12.8 Å². The highest BCUT2D eigenvalue weighted by Gasteiger charge is 2.37. The summed E-state index contributed by atoms with van der Waals surface area (Å²) in [5, 5.41) is 11.7. The minimum absolute atomic E-state index is 0.00529. The lowest BCUT2D eigenvalue weighted by molar-refractivity contribution is -0.152. The maximum absolute atomic E-state index is 12.4. The number of amides is 2.